The van der Waals surface area contributed by atoms with Crippen LogP contribution in [0.25, 0.3) is 0 Å². The molecule has 4 heteroatoms. The molecule has 0 heterocycles. The van der Waals surface area contributed by atoms with Gasteiger partial charge in [-0.1, -0.05) is 114 Å². The van der Waals surface area contributed by atoms with E-state index in [4.69, 9.17) is 0 Å². The Balaban J connectivity index is 2.82. The highest BCUT2D eigenvalue weighted by atomic mass is 32.2. The molecule has 0 amide bonds. The van der Waals surface area contributed by atoms with Crippen LogP contribution in [0.15, 0.2) is 54.6 Å². The van der Waals surface area contributed by atoms with Crippen LogP contribution in [0.4, 0.5) is 0 Å². The van der Waals surface area contributed by atoms with Gasteiger partial charge in [0, 0.05) is 0 Å². The quantitative estimate of drug-likeness (QED) is 0.283. The lowest BCUT2D eigenvalue weighted by molar-refractivity contribution is 0.316. The number of hydrogen-bond acceptors (Lipinski definition) is 2. The Morgan fingerprint density at radius 1 is 0.833 bits per heavy atom. The van der Waals surface area contributed by atoms with E-state index in [2.05, 4.69) is 27.7 Å². The van der Waals surface area contributed by atoms with E-state index in [1.54, 1.807) is 0 Å². The SMILES string of the molecule is CCCCCCC(CCC)C(c1ccccc1)(c1ccccc1C(C)C)S(=O)(=O)O. The average molecular weight is 431 g/mol. The molecule has 30 heavy (non-hydrogen) atoms. The van der Waals surface area contributed by atoms with Gasteiger partial charge in [-0.05, 0) is 41.4 Å². The second-order valence-corrected chi connectivity index (χ2v) is 10.2. The van der Waals surface area contributed by atoms with Gasteiger partial charge in [-0.15, -0.1) is 0 Å². The zero-order valence-electron chi connectivity index (χ0n) is 19.0. The molecule has 0 aliphatic rings. The van der Waals surface area contributed by atoms with Gasteiger partial charge in [-0.3, -0.25) is 4.55 Å². The van der Waals surface area contributed by atoms with Crippen LogP contribution in [-0.2, 0) is 14.9 Å². The van der Waals surface area contributed by atoms with Crippen molar-refractivity contribution in [2.75, 3.05) is 0 Å². The summed E-state index contributed by atoms with van der Waals surface area (Å²) in [7, 11) is -4.45. The number of benzene rings is 2. The lowest BCUT2D eigenvalue weighted by atomic mass is 9.72. The van der Waals surface area contributed by atoms with Crippen LogP contribution in [0.2, 0.25) is 0 Å². The van der Waals surface area contributed by atoms with Crippen molar-refractivity contribution >= 4 is 10.1 Å². The largest absolute Gasteiger partial charge is 0.285 e. The van der Waals surface area contributed by atoms with E-state index >= 15 is 0 Å². The van der Waals surface area contributed by atoms with Crippen molar-refractivity contribution in [3.05, 3.63) is 71.3 Å². The standard InChI is InChI=1S/C26H38O3S/c1-5-7-8-10-16-22(15-6-2)26(30(27,28)29,23-17-11-9-12-18-23)25-20-14-13-19-24(25)21(3)4/h9,11-14,17-22H,5-8,10,15-16H2,1-4H3,(H,27,28,29). The summed E-state index contributed by atoms with van der Waals surface area (Å²) in [4.78, 5) is 0. The summed E-state index contributed by atoms with van der Waals surface area (Å²) >= 11 is 0. The predicted molar refractivity (Wildman–Crippen MR) is 126 cm³/mol. The molecule has 0 aromatic heterocycles. The molecule has 2 aromatic rings. The van der Waals surface area contributed by atoms with Crippen molar-refractivity contribution in [1.29, 1.82) is 0 Å². The van der Waals surface area contributed by atoms with Crippen LogP contribution in [0, 0.1) is 5.92 Å². The summed E-state index contributed by atoms with van der Waals surface area (Å²) in [6.45, 7) is 8.42. The van der Waals surface area contributed by atoms with Gasteiger partial charge in [0.2, 0.25) is 0 Å². The van der Waals surface area contributed by atoms with Crippen molar-refractivity contribution in [3.8, 4) is 0 Å². The number of hydrogen-bond donors (Lipinski definition) is 1. The van der Waals surface area contributed by atoms with Crippen LogP contribution >= 0.6 is 0 Å². The molecule has 166 valence electrons. The van der Waals surface area contributed by atoms with E-state index in [-0.39, 0.29) is 11.8 Å². The first-order valence-electron chi connectivity index (χ1n) is 11.4. The molecule has 2 atom stereocenters. The minimum Gasteiger partial charge on any atom is -0.285 e. The Hall–Kier alpha value is -1.65. The molecule has 0 saturated carbocycles. The molecular formula is C26H38O3S. The summed E-state index contributed by atoms with van der Waals surface area (Å²) < 4.78 is 36.2. The molecule has 0 fully saturated rings. The van der Waals surface area contributed by atoms with Gasteiger partial charge in [0.05, 0.1) is 0 Å². The summed E-state index contributed by atoms with van der Waals surface area (Å²) in [6.07, 6.45) is 6.71. The fraction of sp³-hybridized carbons (Fsp3) is 0.538. The van der Waals surface area contributed by atoms with Crippen molar-refractivity contribution < 1.29 is 13.0 Å². The van der Waals surface area contributed by atoms with Gasteiger partial charge in [0.25, 0.3) is 10.1 Å². The van der Waals surface area contributed by atoms with Crippen LogP contribution < -0.4 is 0 Å². The highest BCUT2D eigenvalue weighted by Gasteiger charge is 2.52. The van der Waals surface area contributed by atoms with Gasteiger partial charge in [-0.25, -0.2) is 0 Å². The van der Waals surface area contributed by atoms with Crippen molar-refractivity contribution in [2.45, 2.75) is 83.3 Å². The Morgan fingerprint density at radius 2 is 1.47 bits per heavy atom. The van der Waals surface area contributed by atoms with Crippen LogP contribution in [0.5, 0.6) is 0 Å². The van der Waals surface area contributed by atoms with Crippen LogP contribution in [0.1, 0.15) is 95.2 Å². The first-order chi connectivity index (χ1) is 14.3. The number of rotatable bonds is 12. The first-order valence-corrected chi connectivity index (χ1v) is 12.9. The second-order valence-electron chi connectivity index (χ2n) is 8.65. The maximum Gasteiger partial charge on any atom is 0.279 e. The molecule has 0 radical (unpaired) electrons. The summed E-state index contributed by atoms with van der Waals surface area (Å²) in [6, 6.07) is 17.1. The Labute approximate surface area is 183 Å². The third-order valence-corrected chi connectivity index (χ3v) is 7.81. The van der Waals surface area contributed by atoms with Gasteiger partial charge >= 0.3 is 0 Å². The molecule has 0 aliphatic carbocycles. The van der Waals surface area contributed by atoms with Gasteiger partial charge in [0.15, 0.2) is 4.75 Å². The molecule has 0 aliphatic heterocycles. The maximum absolute atomic E-state index is 13.4. The van der Waals surface area contributed by atoms with E-state index in [1.807, 2.05) is 54.6 Å². The van der Waals surface area contributed by atoms with E-state index in [9.17, 15) is 13.0 Å². The topological polar surface area (TPSA) is 54.4 Å². The lowest BCUT2D eigenvalue weighted by Crippen LogP contribution is -2.45. The van der Waals surface area contributed by atoms with E-state index in [1.165, 1.54) is 0 Å². The summed E-state index contributed by atoms with van der Waals surface area (Å²) in [5.41, 5.74) is 2.37. The molecule has 1 N–H and O–H groups in total. The van der Waals surface area contributed by atoms with Crippen LogP contribution in [-0.4, -0.2) is 13.0 Å². The van der Waals surface area contributed by atoms with Crippen molar-refractivity contribution in [1.82, 2.24) is 0 Å². The third-order valence-electron chi connectivity index (χ3n) is 6.21. The monoisotopic (exact) mass is 430 g/mol. The highest BCUT2D eigenvalue weighted by molar-refractivity contribution is 7.87. The smallest absolute Gasteiger partial charge is 0.279 e. The fourth-order valence-corrected chi connectivity index (χ4v) is 6.41. The molecule has 0 spiro atoms. The normalized spacial score (nSPS) is 15.1. The Kier molecular flexibility index (Phi) is 9.11. The minimum atomic E-state index is -4.45. The van der Waals surface area contributed by atoms with Gasteiger partial charge < -0.3 is 0 Å². The first kappa shape index (κ1) is 24.6. The zero-order valence-corrected chi connectivity index (χ0v) is 19.8. The van der Waals surface area contributed by atoms with Gasteiger partial charge in [0.1, 0.15) is 0 Å². The zero-order chi connectivity index (χ0) is 22.2. The van der Waals surface area contributed by atoms with Gasteiger partial charge in [-0.2, -0.15) is 8.42 Å². The Morgan fingerprint density at radius 3 is 2.03 bits per heavy atom. The van der Waals surface area contributed by atoms with Crippen molar-refractivity contribution in [2.24, 2.45) is 5.92 Å². The lowest BCUT2D eigenvalue weighted by Gasteiger charge is -2.41. The molecule has 2 rings (SSSR count). The highest BCUT2D eigenvalue weighted by Crippen LogP contribution is 2.49. The molecule has 2 aromatic carbocycles. The van der Waals surface area contributed by atoms with E-state index in [0.29, 0.717) is 5.56 Å². The maximum atomic E-state index is 13.4. The average Bonchev–Trinajstić information content (AvgIpc) is 2.71. The summed E-state index contributed by atoms with van der Waals surface area (Å²) in [5, 5.41) is 0. The Bertz CT molecular complexity index is 874. The van der Waals surface area contributed by atoms with Crippen molar-refractivity contribution in [3.63, 3.8) is 0 Å². The molecule has 0 saturated heterocycles. The van der Waals surface area contributed by atoms with E-state index < -0.39 is 14.9 Å². The van der Waals surface area contributed by atoms with E-state index in [0.717, 1.165) is 56.1 Å². The van der Waals surface area contributed by atoms with Crippen LogP contribution in [0.3, 0.4) is 0 Å². The molecule has 2 unspecified atom stereocenters. The molecule has 3 nitrogen and oxygen atoms in total. The second kappa shape index (κ2) is 11.1. The minimum absolute atomic E-state index is 0.147. The number of unbranched alkanes of at least 4 members (excludes halogenated alkanes) is 3. The summed E-state index contributed by atoms with van der Waals surface area (Å²) in [5.74, 6) is -0.0509. The predicted octanol–water partition coefficient (Wildman–Crippen LogP) is 7.33. The fourth-order valence-electron chi connectivity index (χ4n) is 4.85. The third kappa shape index (κ3) is 5.15. The molecule has 0 bridgehead atoms. The molecular weight excluding hydrogens is 392 g/mol.